The number of anilines is 1. The zero-order valence-electron chi connectivity index (χ0n) is 12.1. The second-order valence-electron chi connectivity index (χ2n) is 4.46. The van der Waals surface area contributed by atoms with Crippen LogP contribution >= 0.6 is 22.9 Å². The lowest BCUT2D eigenvalue weighted by molar-refractivity contribution is 0.0946. The lowest BCUT2D eigenvalue weighted by atomic mass is 10.3. The molecular formula is C15H18ClN3OS. The van der Waals surface area contributed by atoms with Crippen LogP contribution < -0.4 is 10.6 Å². The van der Waals surface area contributed by atoms with Crippen LogP contribution in [0, 0.1) is 0 Å². The highest BCUT2D eigenvalue weighted by Crippen LogP contribution is 2.18. The Morgan fingerprint density at radius 3 is 2.67 bits per heavy atom. The maximum absolute atomic E-state index is 12.2. The summed E-state index contributed by atoms with van der Waals surface area (Å²) in [5.74, 6) is 0.391. The molecule has 2 N–H and O–H groups in total. The molecule has 0 aromatic carbocycles. The van der Waals surface area contributed by atoms with Gasteiger partial charge in [-0.3, -0.25) is 4.79 Å². The molecule has 6 heteroatoms. The number of amides is 1. The van der Waals surface area contributed by atoms with E-state index < -0.39 is 0 Å². The summed E-state index contributed by atoms with van der Waals surface area (Å²) < 4.78 is 0. The van der Waals surface area contributed by atoms with Gasteiger partial charge < -0.3 is 10.6 Å². The van der Waals surface area contributed by atoms with Crippen LogP contribution in [0.1, 0.15) is 34.1 Å². The summed E-state index contributed by atoms with van der Waals surface area (Å²) in [4.78, 5) is 18.9. The second kappa shape index (κ2) is 7.43. The summed E-state index contributed by atoms with van der Waals surface area (Å²) >= 11 is 7.76. The van der Waals surface area contributed by atoms with Crippen molar-refractivity contribution in [1.82, 2.24) is 10.3 Å². The quantitative estimate of drug-likeness (QED) is 0.852. The zero-order chi connectivity index (χ0) is 15.2. The van der Waals surface area contributed by atoms with Gasteiger partial charge in [-0.1, -0.05) is 18.5 Å². The lowest BCUT2D eigenvalue weighted by Crippen LogP contribution is -2.24. The highest BCUT2D eigenvalue weighted by Gasteiger charge is 2.13. The van der Waals surface area contributed by atoms with E-state index in [0.717, 1.165) is 17.8 Å². The third kappa shape index (κ3) is 4.19. The van der Waals surface area contributed by atoms with E-state index in [-0.39, 0.29) is 11.6 Å². The molecule has 0 fully saturated rings. The molecule has 2 aromatic heterocycles. The number of halogens is 1. The van der Waals surface area contributed by atoms with Crippen LogP contribution in [-0.2, 0) is 13.0 Å². The Kier molecular flexibility index (Phi) is 5.59. The van der Waals surface area contributed by atoms with Gasteiger partial charge in [0.05, 0.1) is 11.6 Å². The molecule has 0 bridgehead atoms. The Labute approximate surface area is 133 Å². The topological polar surface area (TPSA) is 54.0 Å². The minimum absolute atomic E-state index is 0.252. The van der Waals surface area contributed by atoms with Gasteiger partial charge in [0.2, 0.25) is 0 Å². The molecule has 0 aliphatic carbocycles. The number of aromatic nitrogens is 1. The first kappa shape index (κ1) is 15.8. The molecule has 2 heterocycles. The molecule has 0 aliphatic heterocycles. The monoisotopic (exact) mass is 323 g/mol. The van der Waals surface area contributed by atoms with Crippen LogP contribution in [0.15, 0.2) is 24.3 Å². The Balaban J connectivity index is 2.03. The van der Waals surface area contributed by atoms with Gasteiger partial charge in [-0.05, 0) is 37.6 Å². The van der Waals surface area contributed by atoms with E-state index in [2.05, 4.69) is 28.6 Å². The summed E-state index contributed by atoms with van der Waals surface area (Å²) in [6.07, 6.45) is 1.01. The first-order valence-corrected chi connectivity index (χ1v) is 8.09. The molecule has 112 valence electrons. The predicted molar refractivity (Wildman–Crippen MR) is 88.3 cm³/mol. The number of carbonyl (C=O) groups excluding carboxylic acids is 1. The molecule has 0 saturated carbocycles. The fraction of sp³-hybridized carbons (Fsp3) is 0.333. The number of thiophene rings is 1. The van der Waals surface area contributed by atoms with Crippen molar-refractivity contribution in [2.45, 2.75) is 26.8 Å². The van der Waals surface area contributed by atoms with Gasteiger partial charge in [-0.2, -0.15) is 0 Å². The molecule has 1 amide bonds. The van der Waals surface area contributed by atoms with Crippen molar-refractivity contribution in [3.05, 3.63) is 44.7 Å². The second-order valence-corrected chi connectivity index (χ2v) is 6.12. The molecule has 2 aromatic rings. The van der Waals surface area contributed by atoms with E-state index in [1.807, 2.05) is 13.0 Å². The van der Waals surface area contributed by atoms with Crippen molar-refractivity contribution >= 4 is 34.7 Å². The summed E-state index contributed by atoms with van der Waals surface area (Å²) in [5, 5.41) is 6.28. The zero-order valence-corrected chi connectivity index (χ0v) is 13.6. The van der Waals surface area contributed by atoms with Crippen molar-refractivity contribution in [1.29, 1.82) is 0 Å². The highest BCUT2D eigenvalue weighted by molar-refractivity contribution is 7.11. The van der Waals surface area contributed by atoms with Gasteiger partial charge in [0, 0.05) is 16.3 Å². The Bertz CT molecular complexity index is 627. The molecule has 0 saturated heterocycles. The van der Waals surface area contributed by atoms with Gasteiger partial charge in [0.1, 0.15) is 11.5 Å². The maximum Gasteiger partial charge on any atom is 0.271 e. The number of rotatable bonds is 6. The molecule has 2 rings (SSSR count). The molecule has 21 heavy (non-hydrogen) atoms. The Morgan fingerprint density at radius 2 is 2.00 bits per heavy atom. The Hall–Kier alpha value is -1.59. The van der Waals surface area contributed by atoms with Crippen LogP contribution in [-0.4, -0.2) is 17.4 Å². The van der Waals surface area contributed by atoms with Crippen LogP contribution in [0.25, 0.3) is 0 Å². The van der Waals surface area contributed by atoms with E-state index in [0.29, 0.717) is 17.4 Å². The SMILES string of the molecule is CCNc1ccc(Cl)c(C(=O)NCc2ccc(CC)s2)n1. The number of hydrogen-bond donors (Lipinski definition) is 2. The summed E-state index contributed by atoms with van der Waals surface area (Å²) in [6.45, 7) is 5.32. The van der Waals surface area contributed by atoms with Crippen molar-refractivity contribution in [3.63, 3.8) is 0 Å². The molecule has 0 radical (unpaired) electrons. The van der Waals surface area contributed by atoms with Crippen LogP contribution in [0.3, 0.4) is 0 Å². The number of pyridine rings is 1. The standard InChI is InChI=1S/C15H18ClN3OS/c1-3-10-5-6-11(21-10)9-18-15(20)14-12(16)7-8-13(19-14)17-4-2/h5-8H,3-4,9H2,1-2H3,(H,17,19)(H,18,20). The minimum Gasteiger partial charge on any atom is -0.370 e. The summed E-state index contributed by atoms with van der Waals surface area (Å²) in [7, 11) is 0. The van der Waals surface area contributed by atoms with E-state index in [4.69, 9.17) is 11.6 Å². The third-order valence-electron chi connectivity index (χ3n) is 2.91. The van der Waals surface area contributed by atoms with E-state index in [9.17, 15) is 4.79 Å². The average Bonchev–Trinajstić information content (AvgIpc) is 2.95. The fourth-order valence-electron chi connectivity index (χ4n) is 1.84. The molecular weight excluding hydrogens is 306 g/mol. The molecule has 0 atom stereocenters. The molecule has 0 unspecified atom stereocenters. The maximum atomic E-state index is 12.2. The predicted octanol–water partition coefficient (Wildman–Crippen LogP) is 3.72. The van der Waals surface area contributed by atoms with Crippen molar-refractivity contribution in [3.8, 4) is 0 Å². The lowest BCUT2D eigenvalue weighted by Gasteiger charge is -2.08. The summed E-state index contributed by atoms with van der Waals surface area (Å²) in [5.41, 5.74) is 0.252. The molecule has 4 nitrogen and oxygen atoms in total. The molecule has 0 aliphatic rings. The van der Waals surface area contributed by atoms with Crippen molar-refractivity contribution in [2.75, 3.05) is 11.9 Å². The van der Waals surface area contributed by atoms with E-state index in [1.54, 1.807) is 23.5 Å². The first-order chi connectivity index (χ1) is 10.1. The van der Waals surface area contributed by atoms with E-state index in [1.165, 1.54) is 4.88 Å². The minimum atomic E-state index is -0.258. The van der Waals surface area contributed by atoms with Gasteiger partial charge in [0.15, 0.2) is 0 Å². The number of hydrogen-bond acceptors (Lipinski definition) is 4. The normalized spacial score (nSPS) is 10.4. The van der Waals surface area contributed by atoms with Crippen LogP contribution in [0.2, 0.25) is 5.02 Å². The highest BCUT2D eigenvalue weighted by atomic mass is 35.5. The largest absolute Gasteiger partial charge is 0.370 e. The van der Waals surface area contributed by atoms with E-state index >= 15 is 0 Å². The average molecular weight is 324 g/mol. The van der Waals surface area contributed by atoms with Gasteiger partial charge in [0.25, 0.3) is 5.91 Å². The van der Waals surface area contributed by atoms with Crippen LogP contribution in [0.5, 0.6) is 0 Å². The summed E-state index contributed by atoms with van der Waals surface area (Å²) in [6, 6.07) is 7.56. The van der Waals surface area contributed by atoms with Gasteiger partial charge >= 0.3 is 0 Å². The van der Waals surface area contributed by atoms with Gasteiger partial charge in [-0.25, -0.2) is 4.98 Å². The first-order valence-electron chi connectivity index (χ1n) is 6.90. The third-order valence-corrected chi connectivity index (χ3v) is 4.44. The van der Waals surface area contributed by atoms with Crippen molar-refractivity contribution in [2.24, 2.45) is 0 Å². The number of nitrogens with one attached hydrogen (secondary N) is 2. The van der Waals surface area contributed by atoms with Gasteiger partial charge in [-0.15, -0.1) is 11.3 Å². The van der Waals surface area contributed by atoms with Crippen molar-refractivity contribution < 1.29 is 4.79 Å². The Morgan fingerprint density at radius 1 is 1.24 bits per heavy atom. The number of nitrogens with zero attached hydrogens (tertiary/aromatic N) is 1. The number of aryl methyl sites for hydroxylation is 1. The smallest absolute Gasteiger partial charge is 0.271 e. The molecule has 0 spiro atoms. The van der Waals surface area contributed by atoms with Crippen LogP contribution in [0.4, 0.5) is 5.82 Å². The fourth-order valence-corrected chi connectivity index (χ4v) is 2.93. The number of carbonyl (C=O) groups is 1.